The fourth-order valence-electron chi connectivity index (χ4n) is 3.02. The van der Waals surface area contributed by atoms with E-state index in [0.717, 1.165) is 16.8 Å². The molecule has 3 rings (SSSR count). The Morgan fingerprint density at radius 2 is 1.45 bits per heavy atom. The molecule has 3 N–H and O–H groups in total. The van der Waals surface area contributed by atoms with Crippen LogP contribution >= 0.6 is 0 Å². The summed E-state index contributed by atoms with van der Waals surface area (Å²) < 4.78 is 0. The fraction of sp³-hybridized carbons (Fsp3) is 0.182. The van der Waals surface area contributed by atoms with Crippen LogP contribution in [0.25, 0.3) is 0 Å². The largest absolute Gasteiger partial charge is 0.340 e. The third-order valence-corrected chi connectivity index (χ3v) is 4.01. The molecule has 0 saturated carbocycles. The molecule has 0 aliphatic rings. The predicted molar refractivity (Wildman–Crippen MR) is 115 cm³/mol. The predicted octanol–water partition coefficient (Wildman–Crippen LogP) is 4.36. The standard InChI is InChI=1S/C22H23N5O2/c1-13-8-14(2)10-19(9-13)26-21-12-20(23-15(3)24-21)22(29)27-18-7-5-6-17(11-18)25-16(4)28/h5-12H,1-4H3,(H,25,28)(H,27,29)(H,23,24,26). The molecule has 0 aliphatic heterocycles. The molecule has 0 radical (unpaired) electrons. The summed E-state index contributed by atoms with van der Waals surface area (Å²) in [5.74, 6) is 0.483. The van der Waals surface area contributed by atoms with Crippen LogP contribution in [0.1, 0.15) is 34.4 Å². The van der Waals surface area contributed by atoms with Gasteiger partial charge < -0.3 is 16.0 Å². The monoisotopic (exact) mass is 389 g/mol. The lowest BCUT2D eigenvalue weighted by Gasteiger charge is -2.11. The Labute approximate surface area is 169 Å². The lowest BCUT2D eigenvalue weighted by Crippen LogP contribution is -2.15. The second kappa shape index (κ2) is 8.52. The van der Waals surface area contributed by atoms with E-state index in [1.54, 1.807) is 37.3 Å². The summed E-state index contributed by atoms with van der Waals surface area (Å²) in [4.78, 5) is 32.5. The number of amides is 2. The Hall–Kier alpha value is -3.74. The second-order valence-corrected chi connectivity index (χ2v) is 6.90. The van der Waals surface area contributed by atoms with E-state index in [1.165, 1.54) is 6.92 Å². The maximum atomic E-state index is 12.7. The number of anilines is 4. The van der Waals surface area contributed by atoms with Crippen molar-refractivity contribution >= 4 is 34.7 Å². The number of rotatable bonds is 5. The average Bonchev–Trinajstić information content (AvgIpc) is 2.60. The van der Waals surface area contributed by atoms with Crippen molar-refractivity contribution in [3.63, 3.8) is 0 Å². The van der Waals surface area contributed by atoms with E-state index < -0.39 is 0 Å². The van der Waals surface area contributed by atoms with Gasteiger partial charge in [-0.15, -0.1) is 0 Å². The Bertz CT molecular complexity index is 1060. The summed E-state index contributed by atoms with van der Waals surface area (Å²) in [6.07, 6.45) is 0. The number of nitrogens with one attached hydrogen (secondary N) is 3. The van der Waals surface area contributed by atoms with Crippen LogP contribution in [0.15, 0.2) is 48.5 Å². The zero-order valence-electron chi connectivity index (χ0n) is 16.8. The number of hydrogen-bond donors (Lipinski definition) is 3. The van der Waals surface area contributed by atoms with Crippen molar-refractivity contribution in [2.24, 2.45) is 0 Å². The SMILES string of the molecule is CC(=O)Nc1cccc(NC(=O)c2cc(Nc3cc(C)cc(C)c3)nc(C)n2)c1. The minimum atomic E-state index is -0.362. The smallest absolute Gasteiger partial charge is 0.274 e. The van der Waals surface area contributed by atoms with Crippen molar-refractivity contribution in [1.82, 2.24) is 9.97 Å². The molecule has 0 fully saturated rings. The molecule has 3 aromatic rings. The van der Waals surface area contributed by atoms with E-state index in [-0.39, 0.29) is 17.5 Å². The number of nitrogens with zero attached hydrogens (tertiary/aromatic N) is 2. The maximum Gasteiger partial charge on any atom is 0.274 e. The number of benzene rings is 2. The maximum absolute atomic E-state index is 12.7. The molecule has 0 saturated heterocycles. The van der Waals surface area contributed by atoms with Gasteiger partial charge in [-0.05, 0) is 62.2 Å². The number of carbonyl (C=O) groups is 2. The first-order valence-corrected chi connectivity index (χ1v) is 9.18. The van der Waals surface area contributed by atoms with Gasteiger partial charge >= 0.3 is 0 Å². The van der Waals surface area contributed by atoms with Gasteiger partial charge in [0.05, 0.1) is 0 Å². The average molecular weight is 389 g/mol. The van der Waals surface area contributed by atoms with Gasteiger partial charge in [0, 0.05) is 30.1 Å². The molecule has 2 amide bonds. The van der Waals surface area contributed by atoms with Gasteiger partial charge in [-0.1, -0.05) is 12.1 Å². The molecule has 2 aromatic carbocycles. The molecule has 148 valence electrons. The highest BCUT2D eigenvalue weighted by atomic mass is 16.2. The topological polar surface area (TPSA) is 96.0 Å². The third kappa shape index (κ3) is 5.62. The molecule has 0 aliphatic carbocycles. The van der Waals surface area contributed by atoms with Crippen molar-refractivity contribution < 1.29 is 9.59 Å². The van der Waals surface area contributed by atoms with Crippen molar-refractivity contribution in [3.8, 4) is 0 Å². The molecule has 0 atom stereocenters. The number of carbonyl (C=O) groups excluding carboxylic acids is 2. The molecule has 0 spiro atoms. The molecule has 0 unspecified atom stereocenters. The second-order valence-electron chi connectivity index (χ2n) is 6.90. The Kier molecular flexibility index (Phi) is 5.87. The molecule has 7 heteroatoms. The van der Waals surface area contributed by atoms with E-state index in [4.69, 9.17) is 0 Å². The first-order chi connectivity index (χ1) is 13.8. The van der Waals surface area contributed by atoms with E-state index in [0.29, 0.717) is 23.0 Å². The van der Waals surface area contributed by atoms with E-state index >= 15 is 0 Å². The summed E-state index contributed by atoms with van der Waals surface area (Å²) in [5.41, 5.74) is 4.57. The molecular weight excluding hydrogens is 366 g/mol. The summed E-state index contributed by atoms with van der Waals surface area (Å²) in [6, 6.07) is 14.6. The highest BCUT2D eigenvalue weighted by Crippen LogP contribution is 2.20. The number of aryl methyl sites for hydroxylation is 3. The Morgan fingerprint density at radius 3 is 2.10 bits per heavy atom. The zero-order chi connectivity index (χ0) is 21.0. The quantitative estimate of drug-likeness (QED) is 0.603. The third-order valence-electron chi connectivity index (χ3n) is 4.01. The highest BCUT2D eigenvalue weighted by Gasteiger charge is 2.12. The first-order valence-electron chi connectivity index (χ1n) is 9.18. The molecular formula is C22H23N5O2. The van der Waals surface area contributed by atoms with Crippen LogP contribution in [0.5, 0.6) is 0 Å². The van der Waals surface area contributed by atoms with Gasteiger partial charge in [0.15, 0.2) is 0 Å². The normalized spacial score (nSPS) is 10.3. The molecule has 7 nitrogen and oxygen atoms in total. The van der Waals surface area contributed by atoms with Crippen LogP contribution in [0, 0.1) is 20.8 Å². The van der Waals surface area contributed by atoms with E-state index in [9.17, 15) is 9.59 Å². The van der Waals surface area contributed by atoms with Crippen molar-refractivity contribution in [2.45, 2.75) is 27.7 Å². The van der Waals surface area contributed by atoms with Crippen LogP contribution in [-0.4, -0.2) is 21.8 Å². The summed E-state index contributed by atoms with van der Waals surface area (Å²) in [5, 5.41) is 8.72. The molecule has 0 bridgehead atoms. The number of hydrogen-bond acceptors (Lipinski definition) is 5. The van der Waals surface area contributed by atoms with Gasteiger partial charge in [-0.25, -0.2) is 9.97 Å². The van der Waals surface area contributed by atoms with Gasteiger partial charge in [-0.2, -0.15) is 0 Å². The fourth-order valence-corrected chi connectivity index (χ4v) is 3.02. The summed E-state index contributed by atoms with van der Waals surface area (Å²) in [6.45, 7) is 7.22. The number of aromatic nitrogens is 2. The van der Waals surface area contributed by atoms with Gasteiger partial charge in [0.1, 0.15) is 17.3 Å². The van der Waals surface area contributed by atoms with Crippen LogP contribution in [0.4, 0.5) is 22.9 Å². The highest BCUT2D eigenvalue weighted by molar-refractivity contribution is 6.03. The van der Waals surface area contributed by atoms with Crippen molar-refractivity contribution in [3.05, 3.63) is 71.2 Å². The van der Waals surface area contributed by atoms with Crippen LogP contribution < -0.4 is 16.0 Å². The van der Waals surface area contributed by atoms with Crippen molar-refractivity contribution in [1.29, 1.82) is 0 Å². The van der Waals surface area contributed by atoms with Crippen LogP contribution in [0.3, 0.4) is 0 Å². The molecule has 1 heterocycles. The minimum absolute atomic E-state index is 0.179. The first kappa shape index (κ1) is 20.0. The van der Waals surface area contributed by atoms with Gasteiger partial charge in [0.2, 0.25) is 5.91 Å². The summed E-state index contributed by atoms with van der Waals surface area (Å²) in [7, 11) is 0. The Balaban J connectivity index is 1.80. The van der Waals surface area contributed by atoms with Crippen LogP contribution in [-0.2, 0) is 4.79 Å². The minimum Gasteiger partial charge on any atom is -0.340 e. The lowest BCUT2D eigenvalue weighted by atomic mass is 10.1. The molecule has 1 aromatic heterocycles. The van der Waals surface area contributed by atoms with Gasteiger partial charge in [0.25, 0.3) is 5.91 Å². The summed E-state index contributed by atoms with van der Waals surface area (Å²) >= 11 is 0. The van der Waals surface area contributed by atoms with Gasteiger partial charge in [-0.3, -0.25) is 9.59 Å². The zero-order valence-corrected chi connectivity index (χ0v) is 16.8. The van der Waals surface area contributed by atoms with E-state index in [2.05, 4.69) is 32.0 Å². The van der Waals surface area contributed by atoms with E-state index in [1.807, 2.05) is 26.0 Å². The lowest BCUT2D eigenvalue weighted by molar-refractivity contribution is -0.114. The van der Waals surface area contributed by atoms with Crippen molar-refractivity contribution in [2.75, 3.05) is 16.0 Å². The molecule has 29 heavy (non-hydrogen) atoms. The van der Waals surface area contributed by atoms with Crippen LogP contribution in [0.2, 0.25) is 0 Å². The Morgan fingerprint density at radius 1 is 0.793 bits per heavy atom.